The Labute approximate surface area is 161 Å². The summed E-state index contributed by atoms with van der Waals surface area (Å²) in [6, 6.07) is 12.8. The van der Waals surface area contributed by atoms with Gasteiger partial charge in [0.25, 0.3) is 0 Å². The number of amides is 1. The van der Waals surface area contributed by atoms with Gasteiger partial charge in [-0.05, 0) is 50.1 Å². The molecule has 0 aliphatic carbocycles. The van der Waals surface area contributed by atoms with Crippen LogP contribution in [0.4, 0.5) is 11.4 Å². The molecule has 146 valence electrons. The summed E-state index contributed by atoms with van der Waals surface area (Å²) < 4.78 is 30.8. The largest absolute Gasteiger partial charge is 0.495 e. The van der Waals surface area contributed by atoms with Crippen LogP contribution in [0.3, 0.4) is 0 Å². The molecule has 0 heterocycles. The molecule has 1 N–H and O–H groups in total. The quantitative estimate of drug-likeness (QED) is 0.749. The monoisotopic (exact) mass is 390 g/mol. The summed E-state index contributed by atoms with van der Waals surface area (Å²) in [6.07, 6.45) is 1.78. The predicted octanol–water partition coefficient (Wildman–Crippen LogP) is 3.50. The standard InChI is InChI=1S/C20H26N2O4S/c1-15-7-10-17(11-8-15)22(27(4,24)25)13-5-6-20(23)21-18-14-16(2)9-12-19(18)26-3/h7-12,14H,5-6,13H2,1-4H3,(H,21,23). The van der Waals surface area contributed by atoms with Crippen LogP contribution in [-0.4, -0.2) is 34.2 Å². The van der Waals surface area contributed by atoms with Crippen LogP contribution in [0.2, 0.25) is 0 Å². The second kappa shape index (κ2) is 8.90. The molecule has 0 saturated heterocycles. The molecule has 0 atom stereocenters. The van der Waals surface area contributed by atoms with Crippen LogP contribution in [0.1, 0.15) is 24.0 Å². The second-order valence-corrected chi connectivity index (χ2v) is 8.43. The fourth-order valence-electron chi connectivity index (χ4n) is 2.71. The third-order valence-corrected chi connectivity index (χ3v) is 5.31. The highest BCUT2D eigenvalue weighted by Crippen LogP contribution is 2.25. The maximum Gasteiger partial charge on any atom is 0.232 e. The number of benzene rings is 2. The zero-order chi connectivity index (χ0) is 20.0. The molecule has 0 saturated carbocycles. The lowest BCUT2D eigenvalue weighted by Crippen LogP contribution is -2.31. The first kappa shape index (κ1) is 20.8. The molecule has 0 aromatic heterocycles. The smallest absolute Gasteiger partial charge is 0.232 e. The Kier molecular flexibility index (Phi) is 6.85. The van der Waals surface area contributed by atoms with Crippen molar-refractivity contribution in [2.45, 2.75) is 26.7 Å². The zero-order valence-electron chi connectivity index (χ0n) is 16.2. The van der Waals surface area contributed by atoms with E-state index in [1.165, 1.54) is 10.6 Å². The summed E-state index contributed by atoms with van der Waals surface area (Å²) in [7, 11) is -1.87. The molecule has 2 aromatic rings. The Morgan fingerprint density at radius 3 is 2.30 bits per heavy atom. The van der Waals surface area contributed by atoms with Gasteiger partial charge in [-0.25, -0.2) is 8.42 Å². The first-order chi connectivity index (χ1) is 12.7. The van der Waals surface area contributed by atoms with Gasteiger partial charge >= 0.3 is 0 Å². The number of hydrogen-bond acceptors (Lipinski definition) is 4. The van der Waals surface area contributed by atoms with Crippen LogP contribution in [0.15, 0.2) is 42.5 Å². The maximum absolute atomic E-state index is 12.3. The Morgan fingerprint density at radius 1 is 1.07 bits per heavy atom. The minimum atomic E-state index is -3.42. The second-order valence-electron chi connectivity index (χ2n) is 6.53. The lowest BCUT2D eigenvalue weighted by atomic mass is 10.2. The van der Waals surface area contributed by atoms with E-state index in [1.54, 1.807) is 25.3 Å². The number of ether oxygens (including phenoxy) is 1. The zero-order valence-corrected chi connectivity index (χ0v) is 17.0. The van der Waals surface area contributed by atoms with Gasteiger partial charge in [0.15, 0.2) is 0 Å². The molecule has 0 spiro atoms. The van der Waals surface area contributed by atoms with Crippen LogP contribution >= 0.6 is 0 Å². The molecule has 1 amide bonds. The number of rotatable bonds is 8. The van der Waals surface area contributed by atoms with Gasteiger partial charge in [-0.1, -0.05) is 23.8 Å². The van der Waals surface area contributed by atoms with Crippen molar-refractivity contribution < 1.29 is 17.9 Å². The van der Waals surface area contributed by atoms with Gasteiger partial charge in [0.2, 0.25) is 15.9 Å². The van der Waals surface area contributed by atoms with E-state index >= 15 is 0 Å². The topological polar surface area (TPSA) is 75.7 Å². The third-order valence-electron chi connectivity index (χ3n) is 4.12. The molecule has 0 aliphatic rings. The summed E-state index contributed by atoms with van der Waals surface area (Å²) in [6.45, 7) is 4.11. The first-order valence-electron chi connectivity index (χ1n) is 8.69. The van der Waals surface area contributed by atoms with Crippen molar-refractivity contribution in [1.82, 2.24) is 0 Å². The average molecular weight is 391 g/mol. The molecule has 0 radical (unpaired) electrons. The number of nitrogens with one attached hydrogen (secondary N) is 1. The Hall–Kier alpha value is -2.54. The van der Waals surface area contributed by atoms with E-state index in [-0.39, 0.29) is 18.9 Å². The van der Waals surface area contributed by atoms with Gasteiger partial charge in [-0.15, -0.1) is 0 Å². The fraction of sp³-hybridized carbons (Fsp3) is 0.350. The summed E-state index contributed by atoms with van der Waals surface area (Å²) in [5, 5.41) is 2.83. The number of carbonyl (C=O) groups is 1. The summed E-state index contributed by atoms with van der Waals surface area (Å²) in [4.78, 5) is 12.3. The molecular weight excluding hydrogens is 364 g/mol. The molecule has 6 nitrogen and oxygen atoms in total. The van der Waals surface area contributed by atoms with Crippen molar-refractivity contribution in [3.05, 3.63) is 53.6 Å². The molecule has 7 heteroatoms. The number of carbonyl (C=O) groups excluding carboxylic acids is 1. The number of anilines is 2. The first-order valence-corrected chi connectivity index (χ1v) is 10.5. The maximum atomic E-state index is 12.3. The highest BCUT2D eigenvalue weighted by atomic mass is 32.2. The lowest BCUT2D eigenvalue weighted by Gasteiger charge is -2.22. The van der Waals surface area contributed by atoms with Crippen molar-refractivity contribution >= 4 is 27.3 Å². The van der Waals surface area contributed by atoms with Crippen LogP contribution < -0.4 is 14.4 Å². The lowest BCUT2D eigenvalue weighted by molar-refractivity contribution is -0.116. The number of aryl methyl sites for hydroxylation is 2. The van der Waals surface area contributed by atoms with Crippen LogP contribution in [0, 0.1) is 13.8 Å². The van der Waals surface area contributed by atoms with Crippen LogP contribution in [0.25, 0.3) is 0 Å². The van der Waals surface area contributed by atoms with Crippen molar-refractivity contribution in [2.75, 3.05) is 29.5 Å². The van der Waals surface area contributed by atoms with Crippen molar-refractivity contribution in [2.24, 2.45) is 0 Å². The van der Waals surface area contributed by atoms with E-state index in [0.717, 1.165) is 11.1 Å². The van der Waals surface area contributed by atoms with Gasteiger partial charge in [0.05, 0.1) is 24.7 Å². The average Bonchev–Trinajstić information content (AvgIpc) is 2.59. The summed E-state index contributed by atoms with van der Waals surface area (Å²) in [5.41, 5.74) is 3.28. The fourth-order valence-corrected chi connectivity index (χ4v) is 3.68. The van der Waals surface area contributed by atoms with Gasteiger partial charge in [0.1, 0.15) is 5.75 Å². The normalized spacial score (nSPS) is 11.1. The molecule has 2 aromatic carbocycles. The minimum absolute atomic E-state index is 0.184. The van der Waals surface area contributed by atoms with Gasteiger partial charge in [-0.2, -0.15) is 0 Å². The van der Waals surface area contributed by atoms with E-state index in [0.29, 0.717) is 23.5 Å². The van der Waals surface area contributed by atoms with Crippen molar-refractivity contribution in [1.29, 1.82) is 0 Å². The number of methoxy groups -OCH3 is 1. The molecular formula is C20H26N2O4S. The number of nitrogens with zero attached hydrogens (tertiary/aromatic N) is 1. The SMILES string of the molecule is COc1ccc(C)cc1NC(=O)CCCN(c1ccc(C)cc1)S(C)(=O)=O. The highest BCUT2D eigenvalue weighted by molar-refractivity contribution is 7.92. The van der Waals surface area contributed by atoms with E-state index in [9.17, 15) is 13.2 Å². The highest BCUT2D eigenvalue weighted by Gasteiger charge is 2.17. The summed E-state index contributed by atoms with van der Waals surface area (Å²) in [5.74, 6) is 0.405. The Bertz CT molecular complexity index is 893. The van der Waals surface area contributed by atoms with Gasteiger partial charge in [0, 0.05) is 13.0 Å². The Balaban J connectivity index is 1.99. The van der Waals surface area contributed by atoms with Crippen LogP contribution in [-0.2, 0) is 14.8 Å². The van der Waals surface area contributed by atoms with Gasteiger partial charge < -0.3 is 10.1 Å². The molecule has 0 fully saturated rings. The molecule has 27 heavy (non-hydrogen) atoms. The Morgan fingerprint density at radius 2 is 1.70 bits per heavy atom. The summed E-state index contributed by atoms with van der Waals surface area (Å²) >= 11 is 0. The van der Waals surface area contributed by atoms with Crippen molar-refractivity contribution in [3.63, 3.8) is 0 Å². The molecule has 2 rings (SSSR count). The van der Waals surface area contributed by atoms with E-state index in [4.69, 9.17) is 4.74 Å². The third kappa shape index (κ3) is 5.99. The molecule has 0 bridgehead atoms. The van der Waals surface area contributed by atoms with E-state index in [2.05, 4.69) is 5.32 Å². The van der Waals surface area contributed by atoms with Crippen molar-refractivity contribution in [3.8, 4) is 5.75 Å². The van der Waals surface area contributed by atoms with Crippen LogP contribution in [0.5, 0.6) is 5.75 Å². The molecule has 0 unspecified atom stereocenters. The predicted molar refractivity (Wildman–Crippen MR) is 109 cm³/mol. The van der Waals surface area contributed by atoms with E-state index < -0.39 is 10.0 Å². The number of hydrogen-bond donors (Lipinski definition) is 1. The number of sulfonamides is 1. The van der Waals surface area contributed by atoms with E-state index in [1.807, 2.05) is 38.1 Å². The molecule has 0 aliphatic heterocycles. The minimum Gasteiger partial charge on any atom is -0.495 e. The van der Waals surface area contributed by atoms with Gasteiger partial charge in [-0.3, -0.25) is 9.10 Å².